The minimum absolute atomic E-state index is 0.0780. The van der Waals surface area contributed by atoms with Gasteiger partial charge in [-0.3, -0.25) is 0 Å². The number of thiol groups is 1. The zero-order chi connectivity index (χ0) is 11.4. The molecule has 15 heavy (non-hydrogen) atoms. The molecule has 0 saturated heterocycles. The standard InChI is InChI=1S/C10H13ClFNOS/c1-2-14-10-7(11)3-6(4-8(10)12)9(13)5-15/h3-4,9,15H,2,5,13H2,1H3. The molecule has 2 N–H and O–H groups in total. The van der Waals surface area contributed by atoms with Crippen molar-refractivity contribution >= 4 is 24.2 Å². The molecule has 0 heterocycles. The Morgan fingerprint density at radius 3 is 2.73 bits per heavy atom. The lowest BCUT2D eigenvalue weighted by molar-refractivity contribution is 0.321. The van der Waals surface area contributed by atoms with Crippen LogP contribution in [0.15, 0.2) is 12.1 Å². The number of ether oxygens (including phenoxy) is 1. The molecule has 0 spiro atoms. The minimum Gasteiger partial charge on any atom is -0.489 e. The van der Waals surface area contributed by atoms with E-state index >= 15 is 0 Å². The molecule has 2 nitrogen and oxygen atoms in total. The average molecular weight is 250 g/mol. The van der Waals surface area contributed by atoms with Gasteiger partial charge in [-0.1, -0.05) is 11.6 Å². The van der Waals surface area contributed by atoms with Crippen LogP contribution in [0.25, 0.3) is 0 Å². The normalized spacial score (nSPS) is 12.6. The summed E-state index contributed by atoms with van der Waals surface area (Å²) >= 11 is 9.91. The molecule has 0 aliphatic carbocycles. The summed E-state index contributed by atoms with van der Waals surface area (Å²) in [5, 5.41) is 0.240. The topological polar surface area (TPSA) is 35.2 Å². The Labute approximate surface area is 99.0 Å². The molecule has 0 bridgehead atoms. The van der Waals surface area contributed by atoms with Crippen LogP contribution >= 0.6 is 24.2 Å². The Morgan fingerprint density at radius 1 is 1.60 bits per heavy atom. The molecule has 1 aromatic carbocycles. The van der Waals surface area contributed by atoms with E-state index in [0.29, 0.717) is 17.9 Å². The highest BCUT2D eigenvalue weighted by Gasteiger charge is 2.13. The molecule has 0 amide bonds. The fraction of sp³-hybridized carbons (Fsp3) is 0.400. The lowest BCUT2D eigenvalue weighted by Crippen LogP contribution is -2.12. The molecule has 5 heteroatoms. The number of rotatable bonds is 4. The van der Waals surface area contributed by atoms with Crippen molar-refractivity contribution in [1.29, 1.82) is 0 Å². The van der Waals surface area contributed by atoms with E-state index in [1.54, 1.807) is 13.0 Å². The maximum absolute atomic E-state index is 13.5. The van der Waals surface area contributed by atoms with E-state index in [1.165, 1.54) is 6.07 Å². The van der Waals surface area contributed by atoms with Gasteiger partial charge in [-0.2, -0.15) is 12.6 Å². The van der Waals surface area contributed by atoms with Crippen LogP contribution in [0.2, 0.25) is 5.02 Å². The van der Waals surface area contributed by atoms with Crippen molar-refractivity contribution in [2.75, 3.05) is 12.4 Å². The van der Waals surface area contributed by atoms with Gasteiger partial charge in [0, 0.05) is 11.8 Å². The molecule has 0 saturated carbocycles. The molecule has 1 rings (SSSR count). The van der Waals surface area contributed by atoms with Gasteiger partial charge < -0.3 is 10.5 Å². The molecule has 1 unspecified atom stereocenters. The third-order valence-electron chi connectivity index (χ3n) is 1.93. The van der Waals surface area contributed by atoms with Gasteiger partial charge in [0.1, 0.15) is 0 Å². The monoisotopic (exact) mass is 249 g/mol. The summed E-state index contributed by atoms with van der Waals surface area (Å²) in [7, 11) is 0. The molecule has 0 radical (unpaired) electrons. The van der Waals surface area contributed by atoms with Gasteiger partial charge in [0.15, 0.2) is 11.6 Å². The van der Waals surface area contributed by atoms with Crippen molar-refractivity contribution in [3.8, 4) is 5.75 Å². The van der Waals surface area contributed by atoms with E-state index in [4.69, 9.17) is 22.1 Å². The Kier molecular flexibility index (Phi) is 4.70. The van der Waals surface area contributed by atoms with Crippen molar-refractivity contribution in [1.82, 2.24) is 0 Å². The minimum atomic E-state index is -0.489. The van der Waals surface area contributed by atoms with Gasteiger partial charge >= 0.3 is 0 Å². The summed E-state index contributed by atoms with van der Waals surface area (Å²) in [4.78, 5) is 0. The lowest BCUT2D eigenvalue weighted by Gasteiger charge is -2.12. The van der Waals surface area contributed by atoms with Gasteiger partial charge in [-0.15, -0.1) is 0 Å². The number of halogens is 2. The van der Waals surface area contributed by atoms with Crippen molar-refractivity contribution < 1.29 is 9.13 Å². The second-order valence-electron chi connectivity index (χ2n) is 3.04. The average Bonchev–Trinajstić information content (AvgIpc) is 2.22. The van der Waals surface area contributed by atoms with Crippen LogP contribution in [0.4, 0.5) is 4.39 Å². The second-order valence-corrected chi connectivity index (χ2v) is 3.81. The molecule has 0 fully saturated rings. The first-order valence-corrected chi connectivity index (χ1v) is 5.59. The predicted molar refractivity (Wildman–Crippen MR) is 63.4 cm³/mol. The van der Waals surface area contributed by atoms with Gasteiger partial charge in [-0.25, -0.2) is 4.39 Å². The van der Waals surface area contributed by atoms with E-state index in [-0.39, 0.29) is 16.8 Å². The highest BCUT2D eigenvalue weighted by atomic mass is 35.5. The van der Waals surface area contributed by atoms with Crippen LogP contribution in [0.1, 0.15) is 18.5 Å². The molecule has 1 aromatic rings. The fourth-order valence-electron chi connectivity index (χ4n) is 1.18. The zero-order valence-electron chi connectivity index (χ0n) is 8.34. The van der Waals surface area contributed by atoms with Crippen molar-refractivity contribution in [2.45, 2.75) is 13.0 Å². The Hall–Kier alpha value is -0.450. The summed E-state index contributed by atoms with van der Waals surface area (Å²) in [5.41, 5.74) is 6.33. The van der Waals surface area contributed by atoms with Gasteiger partial charge in [0.05, 0.1) is 11.6 Å². The third kappa shape index (κ3) is 3.00. The highest BCUT2D eigenvalue weighted by Crippen LogP contribution is 2.31. The summed E-state index contributed by atoms with van der Waals surface area (Å²) in [6.07, 6.45) is 0. The van der Waals surface area contributed by atoms with Crippen LogP contribution in [-0.2, 0) is 0 Å². The molecular formula is C10H13ClFNOS. The van der Waals surface area contributed by atoms with Crippen LogP contribution in [0.5, 0.6) is 5.75 Å². The van der Waals surface area contributed by atoms with Crippen molar-refractivity contribution in [2.24, 2.45) is 5.73 Å². The summed E-state index contributed by atoms with van der Waals surface area (Å²) in [6.45, 7) is 2.14. The third-order valence-corrected chi connectivity index (χ3v) is 2.61. The van der Waals surface area contributed by atoms with Crippen molar-refractivity contribution in [3.05, 3.63) is 28.5 Å². The van der Waals surface area contributed by atoms with E-state index in [2.05, 4.69) is 12.6 Å². The second kappa shape index (κ2) is 5.58. The molecule has 0 aromatic heterocycles. The van der Waals surface area contributed by atoms with Crippen LogP contribution in [0, 0.1) is 5.82 Å². The quantitative estimate of drug-likeness (QED) is 0.805. The first kappa shape index (κ1) is 12.6. The number of nitrogens with two attached hydrogens (primary N) is 1. The summed E-state index contributed by atoms with van der Waals surface area (Å²) in [5.74, 6) is 0.0230. The Bertz CT molecular complexity index is 325. The maximum atomic E-state index is 13.5. The number of benzene rings is 1. The van der Waals surface area contributed by atoms with Gasteiger partial charge in [0.2, 0.25) is 0 Å². The first-order valence-electron chi connectivity index (χ1n) is 4.58. The molecule has 84 valence electrons. The predicted octanol–water partition coefficient (Wildman–Crippen LogP) is 2.81. The SMILES string of the molecule is CCOc1c(F)cc(C(N)CS)cc1Cl. The zero-order valence-corrected chi connectivity index (χ0v) is 9.99. The largest absolute Gasteiger partial charge is 0.489 e. The maximum Gasteiger partial charge on any atom is 0.173 e. The molecule has 0 aliphatic rings. The summed E-state index contributed by atoms with van der Waals surface area (Å²) in [6, 6.07) is 2.62. The Balaban J connectivity index is 3.07. The first-order chi connectivity index (χ1) is 7.10. The lowest BCUT2D eigenvalue weighted by atomic mass is 10.1. The summed E-state index contributed by atoms with van der Waals surface area (Å²) < 4.78 is 18.6. The molecular weight excluding hydrogens is 237 g/mol. The smallest absolute Gasteiger partial charge is 0.173 e. The van der Waals surface area contributed by atoms with Gasteiger partial charge in [0.25, 0.3) is 0 Å². The van der Waals surface area contributed by atoms with E-state index in [0.717, 1.165) is 0 Å². The fourth-order valence-corrected chi connectivity index (χ4v) is 1.66. The van der Waals surface area contributed by atoms with Crippen LogP contribution in [0.3, 0.4) is 0 Å². The van der Waals surface area contributed by atoms with E-state index in [9.17, 15) is 4.39 Å². The van der Waals surface area contributed by atoms with Gasteiger partial charge in [-0.05, 0) is 24.6 Å². The molecule has 1 atom stereocenters. The van der Waals surface area contributed by atoms with Crippen LogP contribution in [-0.4, -0.2) is 12.4 Å². The highest BCUT2D eigenvalue weighted by molar-refractivity contribution is 7.80. The Morgan fingerprint density at radius 2 is 2.27 bits per heavy atom. The van der Waals surface area contributed by atoms with Crippen LogP contribution < -0.4 is 10.5 Å². The molecule has 0 aliphatic heterocycles. The number of hydrogen-bond acceptors (Lipinski definition) is 3. The number of hydrogen-bond donors (Lipinski definition) is 2. The van der Waals surface area contributed by atoms with E-state index < -0.39 is 5.82 Å². The van der Waals surface area contributed by atoms with E-state index in [1.807, 2.05) is 0 Å². The van der Waals surface area contributed by atoms with Crippen molar-refractivity contribution in [3.63, 3.8) is 0 Å².